The van der Waals surface area contributed by atoms with E-state index in [0.717, 1.165) is 4.47 Å². The van der Waals surface area contributed by atoms with Gasteiger partial charge in [-0.05, 0) is 42.5 Å². The van der Waals surface area contributed by atoms with Crippen LogP contribution < -0.4 is 10.1 Å². The smallest absolute Gasteiger partial charge is 0.309 e. The van der Waals surface area contributed by atoms with Crippen molar-refractivity contribution < 1.29 is 23.5 Å². The van der Waals surface area contributed by atoms with E-state index in [1.807, 2.05) is 12.1 Å². The number of esters is 1. The molecular weight excluding hydrogens is 381 g/mol. The summed E-state index contributed by atoms with van der Waals surface area (Å²) < 4.78 is 23.9. The second kappa shape index (κ2) is 9.02. The molecule has 2 aromatic rings. The van der Waals surface area contributed by atoms with Gasteiger partial charge in [0.2, 0.25) is 0 Å². The lowest BCUT2D eigenvalue weighted by Gasteiger charge is -2.08. The molecule has 2 rings (SSSR count). The molecule has 7 heteroatoms. The van der Waals surface area contributed by atoms with E-state index in [4.69, 9.17) is 9.47 Å². The Morgan fingerprint density at radius 1 is 1.12 bits per heavy atom. The zero-order chi connectivity index (χ0) is 17.4. The van der Waals surface area contributed by atoms with Crippen molar-refractivity contribution in [2.45, 2.75) is 6.42 Å². The minimum absolute atomic E-state index is 0.0241. The van der Waals surface area contributed by atoms with Gasteiger partial charge in [0.25, 0.3) is 5.91 Å². The van der Waals surface area contributed by atoms with Crippen LogP contribution in [0.5, 0.6) is 5.75 Å². The zero-order valence-corrected chi connectivity index (χ0v) is 14.2. The Hall–Kier alpha value is -2.41. The summed E-state index contributed by atoms with van der Waals surface area (Å²) in [7, 11) is 0. The first kappa shape index (κ1) is 17.9. The van der Waals surface area contributed by atoms with Gasteiger partial charge in [0, 0.05) is 10.2 Å². The second-order valence-corrected chi connectivity index (χ2v) is 5.69. The number of amides is 1. The summed E-state index contributed by atoms with van der Waals surface area (Å²) in [5, 5.41) is 2.49. The highest BCUT2D eigenvalue weighted by Crippen LogP contribution is 2.17. The molecule has 0 unspecified atom stereocenters. The standard InChI is InChI=1S/C17H15BrFNO4/c18-12-2-1-3-15(10-12)23-9-8-17(22)24-11-16(21)20-14-6-4-13(19)5-7-14/h1-7,10H,8-9,11H2,(H,20,21). The van der Waals surface area contributed by atoms with Crippen LogP contribution in [0.15, 0.2) is 53.0 Å². The maximum absolute atomic E-state index is 12.7. The summed E-state index contributed by atoms with van der Waals surface area (Å²) in [6.07, 6.45) is 0.0241. The molecule has 0 aromatic heterocycles. The Labute approximate surface area is 146 Å². The van der Waals surface area contributed by atoms with E-state index in [0.29, 0.717) is 11.4 Å². The zero-order valence-electron chi connectivity index (χ0n) is 12.6. The van der Waals surface area contributed by atoms with Gasteiger partial charge in [-0.1, -0.05) is 22.0 Å². The van der Waals surface area contributed by atoms with E-state index in [9.17, 15) is 14.0 Å². The number of anilines is 1. The molecule has 0 atom stereocenters. The minimum Gasteiger partial charge on any atom is -0.493 e. The second-order valence-electron chi connectivity index (χ2n) is 4.77. The van der Waals surface area contributed by atoms with Gasteiger partial charge in [0.05, 0.1) is 13.0 Å². The Morgan fingerprint density at radius 2 is 1.88 bits per heavy atom. The maximum atomic E-state index is 12.7. The lowest BCUT2D eigenvalue weighted by molar-refractivity contribution is -0.147. The molecule has 0 radical (unpaired) electrons. The van der Waals surface area contributed by atoms with Crippen LogP contribution in [0, 0.1) is 5.82 Å². The van der Waals surface area contributed by atoms with Gasteiger partial charge in [-0.3, -0.25) is 9.59 Å². The first-order valence-electron chi connectivity index (χ1n) is 7.12. The summed E-state index contributed by atoms with van der Waals surface area (Å²) >= 11 is 3.32. The van der Waals surface area contributed by atoms with Gasteiger partial charge >= 0.3 is 5.97 Å². The molecule has 0 aliphatic carbocycles. The van der Waals surface area contributed by atoms with Crippen molar-refractivity contribution in [2.24, 2.45) is 0 Å². The molecule has 126 valence electrons. The van der Waals surface area contributed by atoms with Crippen molar-refractivity contribution >= 4 is 33.5 Å². The van der Waals surface area contributed by atoms with Gasteiger partial charge in [0.15, 0.2) is 6.61 Å². The van der Waals surface area contributed by atoms with E-state index in [1.165, 1.54) is 24.3 Å². The largest absolute Gasteiger partial charge is 0.493 e. The van der Waals surface area contributed by atoms with Gasteiger partial charge in [-0.15, -0.1) is 0 Å². The summed E-state index contributed by atoms with van der Waals surface area (Å²) in [4.78, 5) is 23.2. The molecule has 0 aliphatic rings. The molecule has 5 nitrogen and oxygen atoms in total. The highest BCUT2D eigenvalue weighted by Gasteiger charge is 2.08. The number of halogens is 2. The van der Waals surface area contributed by atoms with Gasteiger partial charge in [0.1, 0.15) is 11.6 Å². The average molecular weight is 396 g/mol. The monoisotopic (exact) mass is 395 g/mol. The first-order chi connectivity index (χ1) is 11.5. The van der Waals surface area contributed by atoms with Crippen LogP contribution in [0.2, 0.25) is 0 Å². The van der Waals surface area contributed by atoms with Crippen molar-refractivity contribution in [1.29, 1.82) is 0 Å². The maximum Gasteiger partial charge on any atom is 0.309 e. The average Bonchev–Trinajstić information content (AvgIpc) is 2.55. The van der Waals surface area contributed by atoms with Crippen molar-refractivity contribution in [3.8, 4) is 5.75 Å². The summed E-state index contributed by atoms with van der Waals surface area (Å²) in [5.74, 6) is -0.807. The van der Waals surface area contributed by atoms with Gasteiger partial charge in [-0.2, -0.15) is 0 Å². The van der Waals surface area contributed by atoms with Crippen LogP contribution in [-0.2, 0) is 14.3 Å². The van der Waals surface area contributed by atoms with Crippen LogP contribution in [0.1, 0.15) is 6.42 Å². The number of ether oxygens (including phenoxy) is 2. The lowest BCUT2D eigenvalue weighted by Crippen LogP contribution is -2.21. The molecule has 24 heavy (non-hydrogen) atoms. The minimum atomic E-state index is -0.542. The topological polar surface area (TPSA) is 64.6 Å². The predicted molar refractivity (Wildman–Crippen MR) is 90.2 cm³/mol. The van der Waals surface area contributed by atoms with E-state index in [1.54, 1.807) is 12.1 Å². The van der Waals surface area contributed by atoms with Crippen molar-refractivity contribution in [2.75, 3.05) is 18.5 Å². The Morgan fingerprint density at radius 3 is 2.58 bits per heavy atom. The van der Waals surface area contributed by atoms with E-state index in [2.05, 4.69) is 21.2 Å². The Bertz CT molecular complexity index is 706. The molecular formula is C17H15BrFNO4. The molecule has 0 spiro atoms. The van der Waals surface area contributed by atoms with E-state index < -0.39 is 24.3 Å². The molecule has 0 aliphatic heterocycles. The SMILES string of the molecule is O=C(COC(=O)CCOc1cccc(Br)c1)Nc1ccc(F)cc1. The summed E-state index contributed by atoms with van der Waals surface area (Å²) in [6, 6.07) is 12.5. The van der Waals surface area contributed by atoms with Crippen LogP contribution >= 0.6 is 15.9 Å². The predicted octanol–water partition coefficient (Wildman–Crippen LogP) is 3.54. The molecule has 0 heterocycles. The third-order valence-corrected chi connectivity index (χ3v) is 3.36. The van der Waals surface area contributed by atoms with Crippen molar-refractivity contribution in [3.63, 3.8) is 0 Å². The number of hydrogen-bond acceptors (Lipinski definition) is 4. The third-order valence-electron chi connectivity index (χ3n) is 2.86. The normalized spacial score (nSPS) is 10.1. The number of hydrogen-bond donors (Lipinski definition) is 1. The van der Waals surface area contributed by atoms with Crippen molar-refractivity contribution in [3.05, 3.63) is 58.8 Å². The molecule has 1 N–H and O–H groups in total. The highest BCUT2D eigenvalue weighted by atomic mass is 79.9. The highest BCUT2D eigenvalue weighted by molar-refractivity contribution is 9.10. The molecule has 0 saturated carbocycles. The number of nitrogens with one attached hydrogen (secondary N) is 1. The summed E-state index contributed by atoms with van der Waals surface area (Å²) in [5.41, 5.74) is 0.426. The fraction of sp³-hybridized carbons (Fsp3) is 0.176. The molecule has 0 fully saturated rings. The number of benzene rings is 2. The Balaban J connectivity index is 1.65. The van der Waals surface area contributed by atoms with E-state index >= 15 is 0 Å². The van der Waals surface area contributed by atoms with Crippen LogP contribution in [0.25, 0.3) is 0 Å². The van der Waals surface area contributed by atoms with Crippen LogP contribution in [0.4, 0.5) is 10.1 Å². The summed E-state index contributed by atoms with van der Waals surface area (Å²) in [6.45, 7) is -0.262. The van der Waals surface area contributed by atoms with E-state index in [-0.39, 0.29) is 13.0 Å². The van der Waals surface area contributed by atoms with Crippen LogP contribution in [0.3, 0.4) is 0 Å². The number of carbonyl (C=O) groups excluding carboxylic acids is 2. The third kappa shape index (κ3) is 6.37. The number of rotatable bonds is 7. The fourth-order valence-electron chi connectivity index (χ4n) is 1.76. The fourth-order valence-corrected chi connectivity index (χ4v) is 2.14. The van der Waals surface area contributed by atoms with Gasteiger partial charge in [-0.25, -0.2) is 4.39 Å². The number of carbonyl (C=O) groups is 2. The quantitative estimate of drug-likeness (QED) is 0.728. The molecule has 0 saturated heterocycles. The molecule has 0 bridgehead atoms. The van der Waals surface area contributed by atoms with Gasteiger partial charge < -0.3 is 14.8 Å². The van der Waals surface area contributed by atoms with Crippen molar-refractivity contribution in [1.82, 2.24) is 0 Å². The Kier molecular flexibility index (Phi) is 6.74. The first-order valence-corrected chi connectivity index (χ1v) is 7.91. The molecule has 1 amide bonds. The van der Waals surface area contributed by atoms with Crippen LogP contribution in [-0.4, -0.2) is 25.1 Å². The molecule has 2 aromatic carbocycles. The lowest BCUT2D eigenvalue weighted by atomic mass is 10.3.